The predicted octanol–water partition coefficient (Wildman–Crippen LogP) is 3.47. The third-order valence-corrected chi connectivity index (χ3v) is 3.44. The van der Waals surface area contributed by atoms with Gasteiger partial charge in [-0.15, -0.1) is 0 Å². The normalized spacial score (nSPS) is 11.9. The number of nitriles is 1. The molecule has 0 aliphatic rings. The number of methoxy groups -OCH3 is 1. The van der Waals surface area contributed by atoms with Gasteiger partial charge in [0.25, 0.3) is 0 Å². The maximum atomic E-state index is 8.67. The Kier molecular flexibility index (Phi) is 5.96. The van der Waals surface area contributed by atoms with Gasteiger partial charge in [0.05, 0.1) is 28.0 Å². The Labute approximate surface area is 118 Å². The minimum atomic E-state index is 0.0279. The molecule has 92 valence electrons. The van der Waals surface area contributed by atoms with E-state index >= 15 is 0 Å². The van der Waals surface area contributed by atoms with E-state index in [0.717, 1.165) is 26.8 Å². The summed E-state index contributed by atoms with van der Waals surface area (Å²) < 4.78 is 7.07. The van der Waals surface area contributed by atoms with Crippen LogP contribution in [-0.2, 0) is 6.54 Å². The summed E-state index contributed by atoms with van der Waals surface area (Å²) in [4.78, 5) is 0. The van der Waals surface area contributed by atoms with Gasteiger partial charge in [-0.05, 0) is 56.5 Å². The summed E-state index contributed by atoms with van der Waals surface area (Å²) in [7, 11) is 1.64. The lowest BCUT2D eigenvalue weighted by Crippen LogP contribution is -2.19. The molecule has 0 bridgehead atoms. The second-order valence-corrected chi connectivity index (χ2v) is 5.46. The number of nitrogens with one attached hydrogen (secondary N) is 1. The summed E-state index contributed by atoms with van der Waals surface area (Å²) in [5.74, 6) is 0.819. The molecule has 5 heteroatoms. The van der Waals surface area contributed by atoms with E-state index in [4.69, 9.17) is 10.00 Å². The van der Waals surface area contributed by atoms with E-state index in [-0.39, 0.29) is 5.92 Å². The van der Waals surface area contributed by atoms with Crippen molar-refractivity contribution in [2.75, 3.05) is 13.7 Å². The third kappa shape index (κ3) is 4.30. The highest BCUT2D eigenvalue weighted by atomic mass is 79.9. The van der Waals surface area contributed by atoms with Crippen LogP contribution in [0.4, 0.5) is 0 Å². The van der Waals surface area contributed by atoms with E-state index in [1.54, 1.807) is 7.11 Å². The van der Waals surface area contributed by atoms with Gasteiger partial charge in [0.2, 0.25) is 0 Å². The Bertz CT molecular complexity index is 406. The maximum absolute atomic E-state index is 8.67. The van der Waals surface area contributed by atoms with Crippen LogP contribution >= 0.6 is 31.9 Å². The van der Waals surface area contributed by atoms with Gasteiger partial charge in [-0.2, -0.15) is 5.26 Å². The molecule has 0 aliphatic carbocycles. The van der Waals surface area contributed by atoms with Crippen molar-refractivity contribution in [3.63, 3.8) is 0 Å². The Morgan fingerprint density at radius 2 is 2.00 bits per heavy atom. The largest absolute Gasteiger partial charge is 0.494 e. The minimum Gasteiger partial charge on any atom is -0.494 e. The lowest BCUT2D eigenvalue weighted by molar-refractivity contribution is 0.409. The summed E-state index contributed by atoms with van der Waals surface area (Å²) in [5.41, 5.74) is 1.13. The van der Waals surface area contributed by atoms with Crippen LogP contribution in [0.25, 0.3) is 0 Å². The van der Waals surface area contributed by atoms with Crippen molar-refractivity contribution in [1.82, 2.24) is 5.32 Å². The molecule has 0 saturated carbocycles. The highest BCUT2D eigenvalue weighted by molar-refractivity contribution is 9.11. The Morgan fingerprint density at radius 1 is 1.41 bits per heavy atom. The zero-order valence-corrected chi connectivity index (χ0v) is 12.9. The first-order chi connectivity index (χ1) is 8.08. The summed E-state index contributed by atoms with van der Waals surface area (Å²) in [5, 5.41) is 11.9. The van der Waals surface area contributed by atoms with Crippen LogP contribution < -0.4 is 10.1 Å². The highest BCUT2D eigenvalue weighted by Crippen LogP contribution is 2.34. The van der Waals surface area contributed by atoms with Crippen molar-refractivity contribution in [3.05, 3.63) is 26.6 Å². The number of halogens is 2. The molecule has 0 spiro atoms. The molecule has 1 atom stereocenters. The van der Waals surface area contributed by atoms with Crippen LogP contribution in [0.1, 0.15) is 12.5 Å². The average Bonchev–Trinajstić information content (AvgIpc) is 2.28. The Balaban J connectivity index is 2.65. The highest BCUT2D eigenvalue weighted by Gasteiger charge is 2.07. The fourth-order valence-electron chi connectivity index (χ4n) is 1.39. The lowest BCUT2D eigenvalue weighted by Gasteiger charge is -2.10. The van der Waals surface area contributed by atoms with Crippen LogP contribution in [0.5, 0.6) is 5.75 Å². The van der Waals surface area contributed by atoms with Gasteiger partial charge < -0.3 is 10.1 Å². The molecule has 17 heavy (non-hydrogen) atoms. The smallest absolute Gasteiger partial charge is 0.147 e. The topological polar surface area (TPSA) is 45.0 Å². The van der Waals surface area contributed by atoms with E-state index in [9.17, 15) is 0 Å². The van der Waals surface area contributed by atoms with Crippen LogP contribution in [-0.4, -0.2) is 13.7 Å². The predicted molar refractivity (Wildman–Crippen MR) is 74.9 cm³/mol. The van der Waals surface area contributed by atoms with Gasteiger partial charge in [-0.25, -0.2) is 0 Å². The monoisotopic (exact) mass is 360 g/mol. The SMILES string of the molecule is COc1c(Br)cc(CNCC(C)C#N)cc1Br. The minimum absolute atomic E-state index is 0.0279. The van der Waals surface area contributed by atoms with Crippen molar-refractivity contribution in [3.8, 4) is 11.8 Å². The molecule has 1 N–H and O–H groups in total. The first kappa shape index (κ1) is 14.5. The van der Waals surface area contributed by atoms with Crippen molar-refractivity contribution in [2.24, 2.45) is 5.92 Å². The van der Waals surface area contributed by atoms with E-state index in [0.29, 0.717) is 6.54 Å². The van der Waals surface area contributed by atoms with Gasteiger partial charge in [0, 0.05) is 13.1 Å². The molecular weight excluding hydrogens is 348 g/mol. The summed E-state index contributed by atoms with van der Waals surface area (Å²) in [6, 6.07) is 6.21. The fourth-order valence-corrected chi connectivity index (χ4v) is 2.99. The quantitative estimate of drug-likeness (QED) is 0.873. The van der Waals surface area contributed by atoms with Gasteiger partial charge in [-0.3, -0.25) is 0 Å². The maximum Gasteiger partial charge on any atom is 0.147 e. The van der Waals surface area contributed by atoms with Gasteiger partial charge in [-0.1, -0.05) is 0 Å². The molecule has 0 aliphatic heterocycles. The van der Waals surface area contributed by atoms with E-state index in [2.05, 4.69) is 43.2 Å². The number of benzene rings is 1. The lowest BCUT2D eigenvalue weighted by atomic mass is 10.2. The molecule has 0 heterocycles. The van der Waals surface area contributed by atoms with Crippen LogP contribution in [0, 0.1) is 17.2 Å². The van der Waals surface area contributed by atoms with E-state index < -0.39 is 0 Å². The summed E-state index contributed by atoms with van der Waals surface area (Å²) in [6.45, 7) is 3.32. The second kappa shape index (κ2) is 7.00. The third-order valence-electron chi connectivity index (χ3n) is 2.26. The molecule has 1 aromatic carbocycles. The average molecular weight is 362 g/mol. The summed E-state index contributed by atoms with van der Waals surface area (Å²) in [6.07, 6.45) is 0. The first-order valence-corrected chi connectivity index (χ1v) is 6.79. The number of hydrogen-bond donors (Lipinski definition) is 1. The van der Waals surface area contributed by atoms with Crippen LogP contribution in [0.3, 0.4) is 0 Å². The molecule has 0 radical (unpaired) electrons. The molecule has 0 fully saturated rings. The van der Waals surface area contributed by atoms with Crippen molar-refractivity contribution in [2.45, 2.75) is 13.5 Å². The number of ether oxygens (including phenoxy) is 1. The molecule has 0 amide bonds. The molecule has 3 nitrogen and oxygen atoms in total. The first-order valence-electron chi connectivity index (χ1n) is 5.20. The molecule has 1 unspecified atom stereocenters. The fraction of sp³-hybridized carbons (Fsp3) is 0.417. The number of hydrogen-bond acceptors (Lipinski definition) is 3. The molecule has 0 saturated heterocycles. The van der Waals surface area contributed by atoms with E-state index in [1.165, 1.54) is 0 Å². The standard InChI is InChI=1S/C12H14Br2N2O/c1-8(5-15)6-16-7-9-3-10(13)12(17-2)11(14)4-9/h3-4,8,16H,6-7H2,1-2H3. The van der Waals surface area contributed by atoms with Crippen molar-refractivity contribution < 1.29 is 4.74 Å². The van der Waals surface area contributed by atoms with Gasteiger partial charge in [0.1, 0.15) is 5.75 Å². The molecule has 1 rings (SSSR count). The number of nitrogens with zero attached hydrogens (tertiary/aromatic N) is 1. The van der Waals surface area contributed by atoms with Gasteiger partial charge in [0.15, 0.2) is 0 Å². The van der Waals surface area contributed by atoms with Crippen molar-refractivity contribution >= 4 is 31.9 Å². The molecule has 1 aromatic rings. The number of rotatable bonds is 5. The zero-order valence-electron chi connectivity index (χ0n) is 9.76. The molecular formula is C12H14Br2N2O. The van der Waals surface area contributed by atoms with Gasteiger partial charge >= 0.3 is 0 Å². The van der Waals surface area contributed by atoms with E-state index in [1.807, 2.05) is 19.1 Å². The second-order valence-electron chi connectivity index (χ2n) is 3.75. The molecule has 0 aromatic heterocycles. The Hall–Kier alpha value is -0.570. The Morgan fingerprint density at radius 3 is 2.47 bits per heavy atom. The summed E-state index contributed by atoms with van der Waals surface area (Å²) >= 11 is 6.92. The van der Waals surface area contributed by atoms with Crippen molar-refractivity contribution in [1.29, 1.82) is 5.26 Å². The van der Waals surface area contributed by atoms with Crippen LogP contribution in [0.2, 0.25) is 0 Å². The van der Waals surface area contributed by atoms with Crippen LogP contribution in [0.15, 0.2) is 21.1 Å². The zero-order chi connectivity index (χ0) is 12.8.